The lowest BCUT2D eigenvalue weighted by Crippen LogP contribution is -2.21. The summed E-state index contributed by atoms with van der Waals surface area (Å²) in [4.78, 5) is 31.2. The number of amides is 1. The van der Waals surface area contributed by atoms with E-state index in [0.29, 0.717) is 16.6 Å². The van der Waals surface area contributed by atoms with Gasteiger partial charge in [-0.3, -0.25) is 9.59 Å². The van der Waals surface area contributed by atoms with Crippen molar-refractivity contribution in [1.29, 1.82) is 0 Å². The lowest BCUT2D eigenvalue weighted by Gasteiger charge is -2.06. The van der Waals surface area contributed by atoms with Crippen LogP contribution in [0.5, 0.6) is 0 Å². The quantitative estimate of drug-likeness (QED) is 0.528. The van der Waals surface area contributed by atoms with Gasteiger partial charge in [-0.25, -0.2) is 0 Å². The third-order valence-corrected chi connectivity index (χ3v) is 4.05. The summed E-state index contributed by atoms with van der Waals surface area (Å²) < 4.78 is 0. The molecule has 0 unspecified atom stereocenters. The van der Waals surface area contributed by atoms with E-state index >= 15 is 0 Å². The maximum Gasteiger partial charge on any atom is 0.261 e. The van der Waals surface area contributed by atoms with Crippen LogP contribution in [-0.2, 0) is 0 Å². The number of benzene rings is 2. The van der Waals surface area contributed by atoms with Crippen molar-refractivity contribution in [3.63, 3.8) is 0 Å². The summed E-state index contributed by atoms with van der Waals surface area (Å²) in [5.74, 6) is -0.426. The molecule has 0 saturated heterocycles. The molecule has 118 valence electrons. The van der Waals surface area contributed by atoms with Gasteiger partial charge >= 0.3 is 0 Å². The second-order valence-corrected chi connectivity index (χ2v) is 5.79. The van der Waals surface area contributed by atoms with E-state index in [2.05, 4.69) is 15.3 Å². The fourth-order valence-electron chi connectivity index (χ4n) is 2.88. The second-order valence-electron chi connectivity index (χ2n) is 5.79. The fraction of sp³-hybridized carbons (Fsp3) is 0.0526. The molecule has 4 rings (SSSR count). The molecule has 0 aliphatic heterocycles. The highest BCUT2D eigenvalue weighted by Crippen LogP contribution is 2.20. The number of anilines is 1. The van der Waals surface area contributed by atoms with Gasteiger partial charge in [-0.05, 0) is 42.6 Å². The number of hydrogen-bond donors (Lipinski definition) is 3. The Labute approximate surface area is 137 Å². The van der Waals surface area contributed by atoms with E-state index in [1.807, 2.05) is 37.3 Å². The van der Waals surface area contributed by atoms with E-state index < -0.39 is 5.91 Å². The molecule has 5 heteroatoms. The number of nitrogens with one attached hydrogen (secondary N) is 3. The normalized spacial score (nSPS) is 11.0. The number of aryl methyl sites for hydroxylation is 1. The van der Waals surface area contributed by atoms with E-state index in [1.165, 1.54) is 6.20 Å². The predicted octanol–water partition coefficient (Wildman–Crippen LogP) is 3.57. The molecule has 24 heavy (non-hydrogen) atoms. The van der Waals surface area contributed by atoms with Gasteiger partial charge in [0.15, 0.2) is 0 Å². The monoisotopic (exact) mass is 317 g/mol. The molecule has 4 aromatic rings. The smallest absolute Gasteiger partial charge is 0.261 e. The summed E-state index contributed by atoms with van der Waals surface area (Å²) in [6.07, 6.45) is 1.46. The first-order chi connectivity index (χ1) is 11.6. The van der Waals surface area contributed by atoms with Gasteiger partial charge in [0.25, 0.3) is 5.91 Å². The average Bonchev–Trinajstić information content (AvgIpc) is 2.94. The number of rotatable bonds is 2. The van der Waals surface area contributed by atoms with Crippen molar-refractivity contribution in [1.82, 2.24) is 9.97 Å². The zero-order chi connectivity index (χ0) is 16.7. The highest BCUT2D eigenvalue weighted by Gasteiger charge is 2.13. The summed E-state index contributed by atoms with van der Waals surface area (Å²) in [5, 5.41) is 4.36. The molecule has 0 atom stereocenters. The highest BCUT2D eigenvalue weighted by atomic mass is 16.2. The molecule has 1 amide bonds. The molecular formula is C19H15N3O2. The molecule has 0 spiro atoms. The number of para-hydroxylation sites is 1. The Morgan fingerprint density at radius 1 is 1.04 bits per heavy atom. The Bertz CT molecular complexity index is 1140. The SMILES string of the molecule is Cc1cc2ccc(NC(=O)c3c[nH]c4ccccc4c3=O)cc2[nH]1. The van der Waals surface area contributed by atoms with Crippen molar-refractivity contribution in [2.75, 3.05) is 5.32 Å². The minimum Gasteiger partial charge on any atom is -0.360 e. The van der Waals surface area contributed by atoms with Gasteiger partial charge in [-0.1, -0.05) is 18.2 Å². The van der Waals surface area contributed by atoms with Gasteiger partial charge in [0.2, 0.25) is 5.43 Å². The predicted molar refractivity (Wildman–Crippen MR) is 95.6 cm³/mol. The first-order valence-corrected chi connectivity index (χ1v) is 7.63. The van der Waals surface area contributed by atoms with E-state index in [0.717, 1.165) is 16.6 Å². The third kappa shape index (κ3) is 2.36. The van der Waals surface area contributed by atoms with E-state index in [9.17, 15) is 9.59 Å². The molecule has 2 heterocycles. The average molecular weight is 317 g/mol. The van der Waals surface area contributed by atoms with Crippen molar-refractivity contribution < 1.29 is 4.79 Å². The summed E-state index contributed by atoms with van der Waals surface area (Å²) in [7, 11) is 0. The van der Waals surface area contributed by atoms with Crippen LogP contribution in [-0.4, -0.2) is 15.9 Å². The summed E-state index contributed by atoms with van der Waals surface area (Å²) >= 11 is 0. The standard InChI is InChI=1S/C19H15N3O2/c1-11-8-12-6-7-13(9-17(12)21-11)22-19(24)15-10-20-16-5-3-2-4-14(16)18(15)23/h2-10,21H,1H3,(H,20,23)(H,22,24). The van der Waals surface area contributed by atoms with Crippen molar-refractivity contribution in [2.45, 2.75) is 6.92 Å². The minimum atomic E-state index is -0.426. The largest absolute Gasteiger partial charge is 0.360 e. The van der Waals surface area contributed by atoms with Gasteiger partial charge in [0.1, 0.15) is 5.56 Å². The molecule has 0 aliphatic carbocycles. The highest BCUT2D eigenvalue weighted by molar-refractivity contribution is 6.06. The number of carbonyl (C=O) groups excluding carboxylic acids is 1. The molecule has 0 aliphatic rings. The van der Waals surface area contributed by atoms with E-state index in [1.54, 1.807) is 18.2 Å². The van der Waals surface area contributed by atoms with E-state index in [4.69, 9.17) is 0 Å². The van der Waals surface area contributed by atoms with Crippen LogP contribution in [0.3, 0.4) is 0 Å². The Balaban J connectivity index is 1.70. The van der Waals surface area contributed by atoms with Crippen LogP contribution < -0.4 is 10.7 Å². The summed E-state index contributed by atoms with van der Waals surface area (Å²) in [6.45, 7) is 1.98. The number of fused-ring (bicyclic) bond motifs is 2. The maximum absolute atomic E-state index is 12.5. The van der Waals surface area contributed by atoms with Crippen molar-refractivity contribution in [2.24, 2.45) is 0 Å². The van der Waals surface area contributed by atoms with Gasteiger partial charge in [0.05, 0.1) is 0 Å². The molecule has 2 aromatic carbocycles. The number of H-pyrrole nitrogens is 2. The van der Waals surface area contributed by atoms with Gasteiger partial charge in [-0.15, -0.1) is 0 Å². The Morgan fingerprint density at radius 3 is 2.75 bits per heavy atom. The van der Waals surface area contributed by atoms with E-state index in [-0.39, 0.29) is 11.0 Å². The number of carbonyl (C=O) groups is 1. The van der Waals surface area contributed by atoms with Gasteiger partial charge in [-0.2, -0.15) is 0 Å². The van der Waals surface area contributed by atoms with Crippen LogP contribution in [0.25, 0.3) is 21.8 Å². The lowest BCUT2D eigenvalue weighted by molar-refractivity contribution is 0.102. The van der Waals surface area contributed by atoms with Crippen molar-refractivity contribution in [3.05, 3.63) is 76.2 Å². The minimum absolute atomic E-state index is 0.0939. The Kier molecular flexibility index (Phi) is 3.20. The maximum atomic E-state index is 12.5. The number of aromatic amines is 2. The number of aromatic nitrogens is 2. The molecule has 0 fully saturated rings. The van der Waals surface area contributed by atoms with Crippen LogP contribution in [0.1, 0.15) is 16.1 Å². The van der Waals surface area contributed by atoms with Crippen LogP contribution in [0, 0.1) is 6.92 Å². The number of pyridine rings is 1. The zero-order valence-electron chi connectivity index (χ0n) is 13.0. The second kappa shape index (κ2) is 5.38. The molecule has 3 N–H and O–H groups in total. The molecule has 0 radical (unpaired) electrons. The first-order valence-electron chi connectivity index (χ1n) is 7.63. The summed E-state index contributed by atoms with van der Waals surface area (Å²) in [5.41, 5.74) is 3.16. The first kappa shape index (κ1) is 14.3. The molecular weight excluding hydrogens is 302 g/mol. The lowest BCUT2D eigenvalue weighted by atomic mass is 10.1. The Hall–Kier alpha value is -3.34. The van der Waals surface area contributed by atoms with Crippen molar-refractivity contribution >= 4 is 33.4 Å². The van der Waals surface area contributed by atoms with Gasteiger partial charge < -0.3 is 15.3 Å². The van der Waals surface area contributed by atoms with Crippen molar-refractivity contribution in [3.8, 4) is 0 Å². The van der Waals surface area contributed by atoms with Gasteiger partial charge in [0, 0.05) is 34.0 Å². The summed E-state index contributed by atoms with van der Waals surface area (Å²) in [6, 6.07) is 14.8. The number of hydrogen-bond acceptors (Lipinski definition) is 2. The molecule has 0 saturated carbocycles. The van der Waals surface area contributed by atoms with Crippen LogP contribution >= 0.6 is 0 Å². The fourth-order valence-corrected chi connectivity index (χ4v) is 2.88. The Morgan fingerprint density at radius 2 is 1.88 bits per heavy atom. The van der Waals surface area contributed by atoms with Crippen LogP contribution in [0.15, 0.2) is 59.5 Å². The third-order valence-electron chi connectivity index (χ3n) is 4.05. The van der Waals surface area contributed by atoms with Crippen LogP contribution in [0.4, 0.5) is 5.69 Å². The molecule has 5 nitrogen and oxygen atoms in total. The molecule has 2 aromatic heterocycles. The van der Waals surface area contributed by atoms with Crippen LogP contribution in [0.2, 0.25) is 0 Å². The molecule has 0 bridgehead atoms. The zero-order valence-corrected chi connectivity index (χ0v) is 13.0. The topological polar surface area (TPSA) is 77.8 Å².